The Balaban J connectivity index is 0.00000306. The zero-order valence-corrected chi connectivity index (χ0v) is 19.8. The standard InChI is InChI=1S/C25H29FN2O4.ClH/c1-17(29-2)19-5-8-22(24(15-19)30-3)31-14-4-11-28-12-9-18(10-13-28)25-21-7-6-20(26)16-23(21)32-27-25;/h5-8,15-16,18H,1,4,9-14H2,2-3H3;1H. The first-order valence-corrected chi connectivity index (χ1v) is 10.9. The molecule has 0 amide bonds. The molecule has 0 N–H and O–H groups in total. The van der Waals surface area contributed by atoms with Crippen LogP contribution in [0.2, 0.25) is 0 Å². The van der Waals surface area contributed by atoms with E-state index in [-0.39, 0.29) is 18.2 Å². The Bertz CT molecular complexity index is 1080. The van der Waals surface area contributed by atoms with Crippen molar-refractivity contribution in [1.82, 2.24) is 10.1 Å². The number of piperidine rings is 1. The molecular weight excluding hydrogens is 447 g/mol. The largest absolute Gasteiger partial charge is 0.497 e. The number of rotatable bonds is 9. The fourth-order valence-corrected chi connectivity index (χ4v) is 4.20. The summed E-state index contributed by atoms with van der Waals surface area (Å²) in [5, 5.41) is 5.15. The Labute approximate surface area is 199 Å². The van der Waals surface area contributed by atoms with Crippen LogP contribution in [0.15, 0.2) is 47.5 Å². The van der Waals surface area contributed by atoms with Crippen molar-refractivity contribution in [3.05, 3.63) is 60.1 Å². The van der Waals surface area contributed by atoms with E-state index in [1.165, 1.54) is 12.1 Å². The summed E-state index contributed by atoms with van der Waals surface area (Å²) in [5.74, 6) is 2.02. The number of methoxy groups -OCH3 is 2. The Morgan fingerprint density at radius 3 is 2.67 bits per heavy atom. The summed E-state index contributed by atoms with van der Waals surface area (Å²) < 4.78 is 35.3. The average Bonchev–Trinajstić information content (AvgIpc) is 3.24. The highest BCUT2D eigenvalue weighted by molar-refractivity contribution is 5.85. The van der Waals surface area contributed by atoms with Crippen molar-refractivity contribution in [1.29, 1.82) is 0 Å². The normalized spacial score (nSPS) is 14.6. The number of halogens is 2. The van der Waals surface area contributed by atoms with Gasteiger partial charge in [0, 0.05) is 29.5 Å². The second-order valence-electron chi connectivity index (χ2n) is 8.02. The molecule has 0 atom stereocenters. The van der Waals surface area contributed by atoms with Gasteiger partial charge in [0.15, 0.2) is 17.1 Å². The van der Waals surface area contributed by atoms with Crippen molar-refractivity contribution in [2.24, 2.45) is 0 Å². The number of hydrogen-bond acceptors (Lipinski definition) is 6. The van der Waals surface area contributed by atoms with Gasteiger partial charge in [-0.1, -0.05) is 11.7 Å². The monoisotopic (exact) mass is 476 g/mol. The van der Waals surface area contributed by atoms with E-state index >= 15 is 0 Å². The quantitative estimate of drug-likeness (QED) is 0.293. The number of likely N-dealkylation sites (tertiary alicyclic amines) is 1. The lowest BCUT2D eigenvalue weighted by Crippen LogP contribution is -2.34. The van der Waals surface area contributed by atoms with Gasteiger partial charge in [-0.15, -0.1) is 12.4 Å². The predicted molar refractivity (Wildman–Crippen MR) is 129 cm³/mol. The summed E-state index contributed by atoms with van der Waals surface area (Å²) in [6.07, 6.45) is 2.95. The Morgan fingerprint density at radius 2 is 1.94 bits per heavy atom. The number of nitrogens with zero attached hydrogens (tertiary/aromatic N) is 2. The van der Waals surface area contributed by atoms with E-state index in [1.807, 2.05) is 18.2 Å². The molecule has 0 unspecified atom stereocenters. The van der Waals surface area contributed by atoms with E-state index in [4.69, 9.17) is 18.7 Å². The number of ether oxygens (including phenoxy) is 3. The van der Waals surface area contributed by atoms with E-state index in [0.29, 0.717) is 35.4 Å². The Hall–Kier alpha value is -2.77. The molecule has 3 aromatic rings. The molecule has 4 rings (SSSR count). The third-order valence-electron chi connectivity index (χ3n) is 6.04. The summed E-state index contributed by atoms with van der Waals surface area (Å²) >= 11 is 0. The molecular formula is C25H30ClFN2O4. The van der Waals surface area contributed by atoms with Gasteiger partial charge < -0.3 is 23.6 Å². The third-order valence-corrected chi connectivity index (χ3v) is 6.04. The molecule has 1 fully saturated rings. The summed E-state index contributed by atoms with van der Waals surface area (Å²) in [6.45, 7) is 7.44. The molecule has 178 valence electrons. The van der Waals surface area contributed by atoms with E-state index in [1.54, 1.807) is 20.3 Å². The molecule has 0 bridgehead atoms. The van der Waals surface area contributed by atoms with Gasteiger partial charge in [0.25, 0.3) is 0 Å². The van der Waals surface area contributed by atoms with Crippen molar-refractivity contribution in [2.45, 2.75) is 25.2 Å². The molecule has 0 radical (unpaired) electrons. The molecule has 1 saturated heterocycles. The second kappa shape index (κ2) is 11.4. The average molecular weight is 477 g/mol. The molecule has 0 saturated carbocycles. The summed E-state index contributed by atoms with van der Waals surface area (Å²) in [4.78, 5) is 2.45. The first kappa shape index (κ1) is 24.9. The number of fused-ring (bicyclic) bond motifs is 1. The molecule has 1 aliphatic heterocycles. The van der Waals surface area contributed by atoms with E-state index in [9.17, 15) is 4.39 Å². The van der Waals surface area contributed by atoms with Crippen LogP contribution < -0.4 is 9.47 Å². The maximum Gasteiger partial charge on any atom is 0.170 e. The van der Waals surface area contributed by atoms with Crippen LogP contribution in [0, 0.1) is 5.82 Å². The van der Waals surface area contributed by atoms with Crippen LogP contribution >= 0.6 is 12.4 Å². The lowest BCUT2D eigenvalue weighted by Gasteiger charge is -2.31. The van der Waals surface area contributed by atoms with Crippen LogP contribution in [-0.2, 0) is 4.74 Å². The van der Waals surface area contributed by atoms with Crippen LogP contribution in [-0.4, -0.2) is 50.5 Å². The first-order chi connectivity index (χ1) is 15.6. The zero-order valence-electron chi connectivity index (χ0n) is 19.0. The smallest absolute Gasteiger partial charge is 0.170 e. The Morgan fingerprint density at radius 1 is 1.15 bits per heavy atom. The highest BCUT2D eigenvalue weighted by Gasteiger charge is 2.25. The van der Waals surface area contributed by atoms with Crippen molar-refractivity contribution in [3.63, 3.8) is 0 Å². The van der Waals surface area contributed by atoms with Crippen LogP contribution in [0.25, 0.3) is 16.7 Å². The minimum Gasteiger partial charge on any atom is -0.497 e. The number of benzene rings is 2. The van der Waals surface area contributed by atoms with Gasteiger partial charge in [0.05, 0.1) is 26.5 Å². The summed E-state index contributed by atoms with van der Waals surface area (Å²) in [7, 11) is 3.22. The molecule has 2 aromatic carbocycles. The van der Waals surface area contributed by atoms with Crippen molar-refractivity contribution in [3.8, 4) is 11.5 Å². The topological polar surface area (TPSA) is 57.0 Å². The van der Waals surface area contributed by atoms with Gasteiger partial charge in [-0.2, -0.15) is 0 Å². The molecule has 1 aliphatic rings. The van der Waals surface area contributed by atoms with Crippen LogP contribution in [0.5, 0.6) is 11.5 Å². The number of hydrogen-bond donors (Lipinski definition) is 0. The number of aromatic nitrogens is 1. The van der Waals surface area contributed by atoms with Gasteiger partial charge in [0.1, 0.15) is 11.6 Å². The van der Waals surface area contributed by atoms with Crippen LogP contribution in [0.3, 0.4) is 0 Å². The van der Waals surface area contributed by atoms with Gasteiger partial charge in [-0.25, -0.2) is 4.39 Å². The maximum atomic E-state index is 13.4. The molecule has 0 spiro atoms. The van der Waals surface area contributed by atoms with Gasteiger partial charge in [-0.3, -0.25) is 0 Å². The summed E-state index contributed by atoms with van der Waals surface area (Å²) in [6, 6.07) is 10.3. The molecule has 8 heteroatoms. The van der Waals surface area contributed by atoms with Crippen LogP contribution in [0.1, 0.15) is 36.4 Å². The SMILES string of the molecule is C=C(OC)c1ccc(OCCCN2CCC(c3noc4cc(F)ccc34)CC2)c(OC)c1.Cl. The zero-order chi connectivity index (χ0) is 22.5. The van der Waals surface area contributed by atoms with Crippen molar-refractivity contribution >= 4 is 29.1 Å². The Kier molecular flexibility index (Phi) is 8.58. The van der Waals surface area contributed by atoms with Crippen molar-refractivity contribution in [2.75, 3.05) is 40.5 Å². The minimum absolute atomic E-state index is 0. The van der Waals surface area contributed by atoms with E-state index in [0.717, 1.165) is 55.5 Å². The predicted octanol–water partition coefficient (Wildman–Crippen LogP) is 5.66. The molecule has 6 nitrogen and oxygen atoms in total. The minimum atomic E-state index is -0.300. The van der Waals surface area contributed by atoms with Gasteiger partial charge in [0.2, 0.25) is 0 Å². The van der Waals surface area contributed by atoms with E-state index < -0.39 is 0 Å². The second-order valence-corrected chi connectivity index (χ2v) is 8.02. The molecule has 0 aliphatic carbocycles. The van der Waals surface area contributed by atoms with Gasteiger partial charge >= 0.3 is 0 Å². The fourth-order valence-electron chi connectivity index (χ4n) is 4.20. The first-order valence-electron chi connectivity index (χ1n) is 10.9. The van der Waals surface area contributed by atoms with E-state index in [2.05, 4.69) is 16.6 Å². The van der Waals surface area contributed by atoms with Gasteiger partial charge in [-0.05, 0) is 62.7 Å². The third kappa shape index (κ3) is 5.78. The maximum absolute atomic E-state index is 13.4. The summed E-state index contributed by atoms with van der Waals surface area (Å²) in [5.41, 5.74) is 2.34. The lowest BCUT2D eigenvalue weighted by molar-refractivity contribution is 0.189. The lowest BCUT2D eigenvalue weighted by atomic mass is 9.91. The van der Waals surface area contributed by atoms with Crippen LogP contribution in [0.4, 0.5) is 4.39 Å². The molecule has 33 heavy (non-hydrogen) atoms. The molecule has 2 heterocycles. The molecule has 1 aromatic heterocycles. The van der Waals surface area contributed by atoms with Crippen molar-refractivity contribution < 1.29 is 23.1 Å². The highest BCUT2D eigenvalue weighted by atomic mass is 35.5. The fraction of sp³-hybridized carbons (Fsp3) is 0.400. The highest BCUT2D eigenvalue weighted by Crippen LogP contribution is 2.33.